The molecule has 0 aliphatic heterocycles. The Morgan fingerprint density at radius 2 is 1.58 bits per heavy atom. The average molecular weight is 882 g/mol. The molecule has 6 rings (SSSR count). The smallest absolute Gasteiger partial charge is 0.162 e. The zero-order chi connectivity index (χ0) is 40.0. The van der Waals surface area contributed by atoms with Crippen LogP contribution >= 0.6 is 0 Å². The average Bonchev–Trinajstić information content (AvgIpc) is 3.49. The second-order valence-corrected chi connectivity index (χ2v) is 16.8. The van der Waals surface area contributed by atoms with Crippen molar-refractivity contribution in [2.75, 3.05) is 0 Å². The van der Waals surface area contributed by atoms with E-state index in [1.165, 1.54) is 17.0 Å². The van der Waals surface area contributed by atoms with Crippen LogP contribution < -0.4 is 0 Å². The summed E-state index contributed by atoms with van der Waals surface area (Å²) in [6, 6.07) is 17.9. The van der Waals surface area contributed by atoms with Crippen molar-refractivity contribution in [1.82, 2.24) is 4.98 Å². The molecule has 5 aromatic rings. The Hall–Kier alpha value is -3.27. The minimum Gasteiger partial charge on any atom is -0.512 e. The van der Waals surface area contributed by atoms with Crippen LogP contribution in [0, 0.1) is 24.8 Å². The summed E-state index contributed by atoms with van der Waals surface area (Å²) >= 11 is 0. The van der Waals surface area contributed by atoms with Crippen LogP contribution in [0.3, 0.4) is 0 Å². The van der Waals surface area contributed by atoms with Crippen LogP contribution in [0.15, 0.2) is 64.9 Å². The molecule has 281 valence electrons. The number of aryl methyl sites for hydroxylation is 1. The number of carbonyl (C=O) groups excluding carboxylic acids is 1. The van der Waals surface area contributed by atoms with E-state index in [0.29, 0.717) is 27.8 Å². The molecular weight excluding hydrogens is 819 g/mol. The topological polar surface area (TPSA) is 63.3 Å². The Morgan fingerprint density at radius 1 is 0.942 bits per heavy atom. The van der Waals surface area contributed by atoms with Crippen LogP contribution in [0.5, 0.6) is 0 Å². The zero-order valence-corrected chi connectivity index (χ0v) is 35.5. The van der Waals surface area contributed by atoms with E-state index in [2.05, 4.69) is 78.8 Å². The third kappa shape index (κ3) is 7.97. The molecule has 52 heavy (non-hydrogen) atoms. The molecular formula is C47H60IrNO3-. The van der Waals surface area contributed by atoms with E-state index < -0.39 is 6.85 Å². The molecule has 1 aliphatic rings. The number of furan rings is 1. The number of hydrogen-bond acceptors (Lipinski definition) is 4. The van der Waals surface area contributed by atoms with Gasteiger partial charge in [0, 0.05) is 70.4 Å². The van der Waals surface area contributed by atoms with E-state index in [9.17, 15) is 9.90 Å². The molecule has 0 fully saturated rings. The van der Waals surface area contributed by atoms with E-state index in [0.717, 1.165) is 66.0 Å². The predicted molar refractivity (Wildman–Crippen MR) is 216 cm³/mol. The summed E-state index contributed by atoms with van der Waals surface area (Å²) in [5, 5.41) is 13.4. The van der Waals surface area contributed by atoms with Crippen LogP contribution in [0.25, 0.3) is 44.0 Å². The van der Waals surface area contributed by atoms with Gasteiger partial charge in [-0.3, -0.25) is 9.78 Å². The van der Waals surface area contributed by atoms with E-state index in [1.807, 2.05) is 45.9 Å². The number of aliphatic hydroxyl groups excluding tert-OH is 1. The fourth-order valence-corrected chi connectivity index (χ4v) is 7.92. The summed E-state index contributed by atoms with van der Waals surface area (Å²) in [5.74, 6) is 0.547. The summed E-state index contributed by atoms with van der Waals surface area (Å²) in [4.78, 5) is 16.5. The number of ketones is 1. The van der Waals surface area contributed by atoms with Crippen LogP contribution in [0.4, 0.5) is 0 Å². The van der Waals surface area contributed by atoms with Crippen molar-refractivity contribution in [1.29, 1.82) is 0 Å². The molecule has 3 aromatic carbocycles. The maximum absolute atomic E-state index is 11.7. The molecule has 1 aliphatic carbocycles. The van der Waals surface area contributed by atoms with Crippen molar-refractivity contribution in [3.05, 3.63) is 88.8 Å². The zero-order valence-electron chi connectivity index (χ0n) is 36.1. The molecule has 1 N–H and O–H groups in total. The number of benzene rings is 3. The largest absolute Gasteiger partial charge is 0.512 e. The minimum atomic E-state index is -2.28. The van der Waals surface area contributed by atoms with Crippen molar-refractivity contribution in [2.24, 2.45) is 11.8 Å². The van der Waals surface area contributed by atoms with Crippen LogP contribution in [-0.4, -0.2) is 15.9 Å². The van der Waals surface area contributed by atoms with Gasteiger partial charge < -0.3 is 9.52 Å². The molecule has 0 atom stereocenters. The van der Waals surface area contributed by atoms with Gasteiger partial charge in [-0.05, 0) is 78.8 Å². The van der Waals surface area contributed by atoms with Gasteiger partial charge in [0.1, 0.15) is 11.2 Å². The van der Waals surface area contributed by atoms with Crippen molar-refractivity contribution in [3.8, 4) is 11.3 Å². The standard InChI is InChI=1S/C34H36NO.C13H24O2.Ir/c1-20-17-26-28(34(7,8)15-14-33(26,5)6)31-27(20)24-13-16-35-29(30(24)36-31)22-18-21-11-9-10-12-23(21)25(19-22)32(2,3)4;1-5-10(6-2)12(14)9-13(15)11(7-3)8-4;/h9-13,16-17,19H,14-15H2,1-8H3;9-11,14H,5-8H2,1-4H3;/q-1;;/b;12-9-;/i1D3;;. The number of allylic oxidation sites excluding steroid dienone is 2. The summed E-state index contributed by atoms with van der Waals surface area (Å²) in [7, 11) is 0. The first-order valence-corrected chi connectivity index (χ1v) is 19.0. The fourth-order valence-electron chi connectivity index (χ4n) is 7.92. The predicted octanol–water partition coefficient (Wildman–Crippen LogP) is 13.4. The van der Waals surface area contributed by atoms with E-state index in [4.69, 9.17) is 13.5 Å². The first-order chi connectivity index (χ1) is 25.2. The number of rotatable bonds is 8. The Bertz CT molecular complexity index is 2200. The molecule has 0 amide bonds. The summed E-state index contributed by atoms with van der Waals surface area (Å²) in [5.41, 5.74) is 6.26. The van der Waals surface area contributed by atoms with Gasteiger partial charge >= 0.3 is 0 Å². The van der Waals surface area contributed by atoms with Gasteiger partial charge in [-0.25, -0.2) is 0 Å². The number of carbonyl (C=O) groups is 1. The van der Waals surface area contributed by atoms with Gasteiger partial charge in [-0.1, -0.05) is 111 Å². The number of nitrogens with zero attached hydrogens (tertiary/aromatic N) is 1. The molecule has 0 bridgehead atoms. The normalized spacial score (nSPS) is 16.6. The molecule has 0 saturated carbocycles. The third-order valence-corrected chi connectivity index (χ3v) is 11.4. The maximum Gasteiger partial charge on any atom is 0.162 e. The van der Waals surface area contributed by atoms with E-state index in [-0.39, 0.29) is 59.7 Å². The van der Waals surface area contributed by atoms with Crippen molar-refractivity contribution < 1.29 is 38.5 Å². The maximum atomic E-state index is 11.7. The van der Waals surface area contributed by atoms with E-state index >= 15 is 0 Å². The first kappa shape index (κ1) is 37.1. The first-order valence-electron chi connectivity index (χ1n) is 20.5. The second kappa shape index (κ2) is 16.0. The number of fused-ring (bicyclic) bond motifs is 6. The van der Waals surface area contributed by atoms with Crippen molar-refractivity contribution in [2.45, 2.75) is 138 Å². The number of hydrogen-bond donors (Lipinski definition) is 1. The van der Waals surface area contributed by atoms with Crippen LogP contribution in [-0.2, 0) is 41.1 Å². The molecule has 0 spiro atoms. The quantitative estimate of drug-likeness (QED) is 0.0958. The molecule has 4 nitrogen and oxygen atoms in total. The van der Waals surface area contributed by atoms with Crippen molar-refractivity contribution >= 4 is 38.5 Å². The van der Waals surface area contributed by atoms with Gasteiger partial charge in [-0.2, -0.15) is 0 Å². The fraction of sp³-hybridized carbons (Fsp3) is 0.489. The minimum absolute atomic E-state index is 0. The van der Waals surface area contributed by atoms with Gasteiger partial charge in [0.25, 0.3) is 0 Å². The Morgan fingerprint density at radius 3 is 2.19 bits per heavy atom. The van der Waals surface area contributed by atoms with Gasteiger partial charge in [0.2, 0.25) is 0 Å². The molecule has 1 radical (unpaired) electrons. The second-order valence-electron chi connectivity index (χ2n) is 16.8. The van der Waals surface area contributed by atoms with Gasteiger partial charge in [0.15, 0.2) is 5.78 Å². The summed E-state index contributed by atoms with van der Waals surface area (Å²) < 4.78 is 32.3. The summed E-state index contributed by atoms with van der Waals surface area (Å²) in [6.45, 7) is 21.4. The van der Waals surface area contributed by atoms with Crippen LogP contribution in [0.2, 0.25) is 0 Å². The number of pyridine rings is 1. The SMILES string of the molecule is CCC(CC)C(=O)/C=C(\O)C(CC)CC.[2H]C([2H])([2H])c1cc2c(c3oc4c(-c5[c-]c6ccccc6c(C(C)(C)C)c5)nccc4c13)C(C)(C)CCC2(C)C.[Ir]. The Balaban J connectivity index is 0.000000360. The Kier molecular flexibility index (Phi) is 11.4. The number of aliphatic hydroxyl groups is 1. The molecule has 2 heterocycles. The van der Waals surface area contributed by atoms with Crippen LogP contribution in [0.1, 0.15) is 141 Å². The van der Waals surface area contributed by atoms with E-state index in [1.54, 1.807) is 6.20 Å². The van der Waals surface area contributed by atoms with Gasteiger partial charge in [-0.15, -0.1) is 29.1 Å². The number of aromatic nitrogens is 1. The third-order valence-electron chi connectivity index (χ3n) is 11.4. The molecule has 0 unspecified atom stereocenters. The molecule has 0 saturated heterocycles. The van der Waals surface area contributed by atoms with Crippen molar-refractivity contribution in [3.63, 3.8) is 0 Å². The molecule has 2 aromatic heterocycles. The van der Waals surface area contributed by atoms with Gasteiger partial charge in [0.05, 0.1) is 5.76 Å². The monoisotopic (exact) mass is 882 g/mol. The molecule has 5 heteroatoms. The Labute approximate surface area is 330 Å². The summed E-state index contributed by atoms with van der Waals surface area (Å²) in [6.07, 6.45) is 8.67.